The fourth-order valence-electron chi connectivity index (χ4n) is 3.69. The van der Waals surface area contributed by atoms with Crippen molar-refractivity contribution in [3.63, 3.8) is 0 Å². The fourth-order valence-corrected chi connectivity index (χ4v) is 4.91. The zero-order valence-corrected chi connectivity index (χ0v) is 17.3. The third-order valence-corrected chi connectivity index (χ3v) is 6.13. The lowest BCUT2D eigenvalue weighted by Crippen LogP contribution is -2.14. The van der Waals surface area contributed by atoms with Gasteiger partial charge >= 0.3 is 6.18 Å². The van der Waals surface area contributed by atoms with E-state index in [0.29, 0.717) is 17.2 Å². The molecule has 0 aromatic carbocycles. The van der Waals surface area contributed by atoms with Crippen LogP contribution >= 0.6 is 11.3 Å². The van der Waals surface area contributed by atoms with Crippen molar-refractivity contribution in [1.82, 2.24) is 34.3 Å². The molecule has 1 unspecified atom stereocenters. The highest BCUT2D eigenvalue weighted by Gasteiger charge is 2.35. The minimum Gasteiger partial charge on any atom is -0.259 e. The van der Waals surface area contributed by atoms with Crippen molar-refractivity contribution in [3.05, 3.63) is 46.9 Å². The Morgan fingerprint density at radius 3 is 2.53 bits per heavy atom. The number of nitrogens with zero attached hydrogens (tertiary/aromatic N) is 7. The SMILES string of the molecule is Cc1cc(C)c2c(n1)sc1c2ncn2nc(C(C)n3nc(C(F)(F)F)cc3C)nc12. The lowest BCUT2D eigenvalue weighted by Gasteiger charge is -2.10. The van der Waals surface area contributed by atoms with Crippen LogP contribution in [0.3, 0.4) is 0 Å². The van der Waals surface area contributed by atoms with Crippen molar-refractivity contribution in [1.29, 1.82) is 0 Å². The number of aryl methyl sites for hydroxylation is 3. The van der Waals surface area contributed by atoms with Crippen LogP contribution in [0, 0.1) is 20.8 Å². The van der Waals surface area contributed by atoms with E-state index < -0.39 is 17.9 Å². The Morgan fingerprint density at radius 1 is 1.07 bits per heavy atom. The molecule has 0 aliphatic heterocycles. The number of hydrogen-bond acceptors (Lipinski definition) is 6. The third-order valence-electron chi connectivity index (χ3n) is 5.06. The van der Waals surface area contributed by atoms with Gasteiger partial charge in [0.1, 0.15) is 21.9 Å². The summed E-state index contributed by atoms with van der Waals surface area (Å²) in [4.78, 5) is 14.7. The van der Waals surface area contributed by atoms with E-state index in [-0.39, 0.29) is 0 Å². The molecule has 5 heterocycles. The Morgan fingerprint density at radius 2 is 1.83 bits per heavy atom. The van der Waals surface area contributed by atoms with Gasteiger partial charge in [0.2, 0.25) is 0 Å². The van der Waals surface area contributed by atoms with Gasteiger partial charge in [0, 0.05) is 16.8 Å². The maximum atomic E-state index is 13.0. The molecule has 11 heteroatoms. The van der Waals surface area contributed by atoms with E-state index in [1.54, 1.807) is 24.7 Å². The van der Waals surface area contributed by atoms with Crippen LogP contribution < -0.4 is 0 Å². The predicted octanol–water partition coefficient (Wildman–Crippen LogP) is 4.64. The Kier molecular flexibility index (Phi) is 3.91. The Hall–Kier alpha value is -3.08. The summed E-state index contributed by atoms with van der Waals surface area (Å²) in [5.41, 5.74) is 2.86. The third kappa shape index (κ3) is 2.76. The van der Waals surface area contributed by atoms with Gasteiger partial charge in [0.25, 0.3) is 0 Å². The zero-order valence-electron chi connectivity index (χ0n) is 16.5. The average Bonchev–Trinajstić information content (AvgIpc) is 3.33. The molecule has 0 fully saturated rings. The van der Waals surface area contributed by atoms with Crippen molar-refractivity contribution in [3.8, 4) is 0 Å². The van der Waals surface area contributed by atoms with E-state index in [1.807, 2.05) is 19.9 Å². The summed E-state index contributed by atoms with van der Waals surface area (Å²) in [5.74, 6) is 0.363. The fraction of sp³-hybridized carbons (Fsp3) is 0.316. The molecule has 7 nitrogen and oxygen atoms in total. The molecule has 0 amide bonds. The van der Waals surface area contributed by atoms with E-state index in [2.05, 4.69) is 25.1 Å². The highest BCUT2D eigenvalue weighted by atomic mass is 32.1. The molecule has 5 rings (SSSR count). The molecular weight excluding hydrogens is 415 g/mol. The lowest BCUT2D eigenvalue weighted by molar-refractivity contribution is -0.141. The van der Waals surface area contributed by atoms with Gasteiger partial charge in [-0.2, -0.15) is 18.3 Å². The molecule has 0 bridgehead atoms. The first kappa shape index (κ1) is 18.9. The number of alkyl halides is 3. The number of rotatable bonds is 2. The van der Waals surface area contributed by atoms with Crippen molar-refractivity contribution < 1.29 is 13.2 Å². The summed E-state index contributed by atoms with van der Waals surface area (Å²) in [6, 6.07) is 2.46. The Labute approximate surface area is 172 Å². The van der Waals surface area contributed by atoms with Gasteiger partial charge < -0.3 is 0 Å². The van der Waals surface area contributed by atoms with Crippen LogP contribution in [0.5, 0.6) is 0 Å². The molecule has 0 spiro atoms. The normalized spacial score (nSPS) is 13.7. The smallest absolute Gasteiger partial charge is 0.259 e. The van der Waals surface area contributed by atoms with Crippen LogP contribution in [0.25, 0.3) is 26.1 Å². The summed E-state index contributed by atoms with van der Waals surface area (Å²) in [5, 5.41) is 9.16. The molecule has 0 aliphatic carbocycles. The first-order chi connectivity index (χ1) is 14.1. The molecular formula is C19H16F3N7S. The van der Waals surface area contributed by atoms with Crippen LogP contribution in [0.1, 0.15) is 41.4 Å². The minimum atomic E-state index is -4.50. The second-order valence-corrected chi connectivity index (χ2v) is 8.31. The van der Waals surface area contributed by atoms with Gasteiger partial charge in [0.15, 0.2) is 17.2 Å². The molecule has 30 heavy (non-hydrogen) atoms. The van der Waals surface area contributed by atoms with E-state index in [4.69, 9.17) is 0 Å². The minimum absolute atomic E-state index is 0.363. The van der Waals surface area contributed by atoms with Gasteiger partial charge in [-0.25, -0.2) is 19.5 Å². The van der Waals surface area contributed by atoms with Gasteiger partial charge in [-0.15, -0.1) is 16.4 Å². The Balaban J connectivity index is 1.67. The molecule has 1 atom stereocenters. The van der Waals surface area contributed by atoms with Gasteiger partial charge in [-0.3, -0.25) is 4.68 Å². The standard InChI is InChI=1S/C19H16F3N7S/c1-8-5-9(2)24-18-13(8)14-15(30-18)17-25-16(27-28(17)7-23-14)11(4)29-10(3)6-12(26-29)19(20,21)22/h5-7,11H,1-4H3. The highest BCUT2D eigenvalue weighted by molar-refractivity contribution is 7.26. The zero-order chi connectivity index (χ0) is 21.4. The number of thiophene rings is 1. The summed E-state index contributed by atoms with van der Waals surface area (Å²) >= 11 is 1.48. The summed E-state index contributed by atoms with van der Waals surface area (Å²) in [7, 11) is 0. The van der Waals surface area contributed by atoms with E-state index in [0.717, 1.165) is 37.8 Å². The average molecular weight is 431 g/mol. The molecule has 154 valence electrons. The van der Waals surface area contributed by atoms with Gasteiger partial charge in [-0.05, 0) is 45.4 Å². The number of hydrogen-bond donors (Lipinski definition) is 0. The molecule has 0 N–H and O–H groups in total. The summed E-state index contributed by atoms with van der Waals surface area (Å²) in [6.07, 6.45) is -2.93. The predicted molar refractivity (Wildman–Crippen MR) is 107 cm³/mol. The maximum absolute atomic E-state index is 13.0. The van der Waals surface area contributed by atoms with E-state index >= 15 is 0 Å². The van der Waals surface area contributed by atoms with E-state index in [1.165, 1.54) is 16.0 Å². The second kappa shape index (κ2) is 6.21. The number of fused-ring (bicyclic) bond motifs is 5. The van der Waals surface area contributed by atoms with Crippen LogP contribution in [-0.2, 0) is 6.18 Å². The quantitative estimate of drug-likeness (QED) is 0.407. The lowest BCUT2D eigenvalue weighted by atomic mass is 10.1. The first-order valence-electron chi connectivity index (χ1n) is 9.18. The highest BCUT2D eigenvalue weighted by Crippen LogP contribution is 2.36. The molecule has 0 saturated heterocycles. The molecule has 0 saturated carbocycles. The summed E-state index contributed by atoms with van der Waals surface area (Å²) < 4.78 is 42.8. The van der Waals surface area contributed by atoms with Crippen molar-refractivity contribution >= 4 is 37.4 Å². The Bertz CT molecular complexity index is 1440. The number of pyridine rings is 1. The topological polar surface area (TPSA) is 73.8 Å². The van der Waals surface area contributed by atoms with Crippen LogP contribution in [-0.4, -0.2) is 34.3 Å². The number of halogens is 3. The summed E-state index contributed by atoms with van der Waals surface area (Å²) in [6.45, 7) is 7.26. The molecule has 0 radical (unpaired) electrons. The van der Waals surface area contributed by atoms with Crippen LogP contribution in [0.2, 0.25) is 0 Å². The molecule has 5 aromatic heterocycles. The maximum Gasteiger partial charge on any atom is 0.435 e. The van der Waals surface area contributed by atoms with Crippen LogP contribution in [0.15, 0.2) is 18.5 Å². The largest absolute Gasteiger partial charge is 0.435 e. The van der Waals surface area contributed by atoms with Crippen molar-refractivity contribution in [2.75, 3.05) is 0 Å². The molecule has 0 aliphatic rings. The van der Waals surface area contributed by atoms with Gasteiger partial charge in [-0.1, -0.05) is 0 Å². The van der Waals surface area contributed by atoms with E-state index in [9.17, 15) is 13.2 Å². The van der Waals surface area contributed by atoms with Crippen LogP contribution in [0.4, 0.5) is 13.2 Å². The van der Waals surface area contributed by atoms with Gasteiger partial charge in [0.05, 0.1) is 5.52 Å². The first-order valence-corrected chi connectivity index (χ1v) is 10.00. The molecule has 5 aromatic rings. The van der Waals surface area contributed by atoms with Crippen molar-refractivity contribution in [2.45, 2.75) is 39.9 Å². The number of aromatic nitrogens is 7. The van der Waals surface area contributed by atoms with Crippen molar-refractivity contribution in [2.24, 2.45) is 0 Å². The second-order valence-electron chi connectivity index (χ2n) is 7.31. The monoisotopic (exact) mass is 431 g/mol.